The van der Waals surface area contributed by atoms with E-state index < -0.39 is 0 Å². The SMILES string of the molecule is CCCCCn1nnc(-c2ccc(Cl)cc2)c1-c1ccccc1. The van der Waals surface area contributed by atoms with E-state index in [0.717, 1.165) is 40.5 Å². The maximum absolute atomic E-state index is 6.00. The van der Waals surface area contributed by atoms with Crippen LogP contribution in [0.4, 0.5) is 0 Å². The average Bonchev–Trinajstić information content (AvgIpc) is 3.00. The summed E-state index contributed by atoms with van der Waals surface area (Å²) in [6.07, 6.45) is 3.50. The molecule has 3 rings (SSSR count). The molecule has 1 heterocycles. The molecule has 0 saturated heterocycles. The van der Waals surface area contributed by atoms with Crippen LogP contribution in [-0.4, -0.2) is 15.0 Å². The predicted molar refractivity (Wildman–Crippen MR) is 95.4 cm³/mol. The highest BCUT2D eigenvalue weighted by Crippen LogP contribution is 2.31. The van der Waals surface area contributed by atoms with Gasteiger partial charge >= 0.3 is 0 Å². The summed E-state index contributed by atoms with van der Waals surface area (Å²) in [7, 11) is 0. The van der Waals surface area contributed by atoms with E-state index in [1.807, 2.05) is 47.1 Å². The molecule has 4 heteroatoms. The van der Waals surface area contributed by atoms with Crippen molar-refractivity contribution in [2.24, 2.45) is 0 Å². The van der Waals surface area contributed by atoms with Crippen molar-refractivity contribution >= 4 is 11.6 Å². The highest BCUT2D eigenvalue weighted by Gasteiger charge is 2.16. The zero-order valence-corrected chi connectivity index (χ0v) is 14.0. The van der Waals surface area contributed by atoms with Gasteiger partial charge < -0.3 is 0 Å². The van der Waals surface area contributed by atoms with E-state index in [-0.39, 0.29) is 0 Å². The third-order valence-corrected chi connectivity index (χ3v) is 4.13. The molecule has 0 unspecified atom stereocenters. The monoisotopic (exact) mass is 325 g/mol. The molecule has 0 radical (unpaired) electrons. The number of hydrogen-bond donors (Lipinski definition) is 0. The van der Waals surface area contributed by atoms with Crippen LogP contribution < -0.4 is 0 Å². The normalized spacial score (nSPS) is 10.9. The highest BCUT2D eigenvalue weighted by atomic mass is 35.5. The lowest BCUT2D eigenvalue weighted by molar-refractivity contribution is 0.541. The Morgan fingerprint density at radius 3 is 2.35 bits per heavy atom. The first-order chi connectivity index (χ1) is 11.3. The molecule has 0 aliphatic carbocycles. The zero-order valence-electron chi connectivity index (χ0n) is 13.2. The van der Waals surface area contributed by atoms with Crippen LogP contribution in [0.2, 0.25) is 5.02 Å². The third kappa shape index (κ3) is 3.62. The molecule has 2 aromatic carbocycles. The molecule has 0 fully saturated rings. The minimum atomic E-state index is 0.727. The Labute approximate surface area is 141 Å². The summed E-state index contributed by atoms with van der Waals surface area (Å²) in [5.74, 6) is 0. The van der Waals surface area contributed by atoms with Crippen molar-refractivity contribution in [3.63, 3.8) is 0 Å². The molecule has 0 atom stereocenters. The van der Waals surface area contributed by atoms with E-state index in [0.29, 0.717) is 0 Å². The Bertz CT molecular complexity index is 748. The fraction of sp³-hybridized carbons (Fsp3) is 0.263. The van der Waals surface area contributed by atoms with Crippen molar-refractivity contribution in [2.45, 2.75) is 32.7 Å². The quantitative estimate of drug-likeness (QED) is 0.564. The van der Waals surface area contributed by atoms with Gasteiger partial charge in [-0.1, -0.05) is 79.0 Å². The molecule has 0 aliphatic heterocycles. The van der Waals surface area contributed by atoms with Crippen molar-refractivity contribution in [1.82, 2.24) is 15.0 Å². The summed E-state index contributed by atoms with van der Waals surface area (Å²) in [5.41, 5.74) is 4.15. The van der Waals surface area contributed by atoms with Crippen molar-refractivity contribution in [1.29, 1.82) is 0 Å². The van der Waals surface area contributed by atoms with Crippen LogP contribution in [-0.2, 0) is 6.54 Å². The number of hydrogen-bond acceptors (Lipinski definition) is 2. The summed E-state index contributed by atoms with van der Waals surface area (Å²) < 4.78 is 2.02. The lowest BCUT2D eigenvalue weighted by atomic mass is 10.0. The van der Waals surface area contributed by atoms with E-state index in [4.69, 9.17) is 11.6 Å². The first kappa shape index (κ1) is 15.8. The molecule has 23 heavy (non-hydrogen) atoms. The van der Waals surface area contributed by atoms with E-state index in [1.165, 1.54) is 12.8 Å². The maximum atomic E-state index is 6.00. The first-order valence-corrected chi connectivity index (χ1v) is 8.42. The van der Waals surface area contributed by atoms with Gasteiger partial charge in [-0.3, -0.25) is 0 Å². The molecule has 0 bridgehead atoms. The van der Waals surface area contributed by atoms with E-state index in [1.54, 1.807) is 0 Å². The molecule has 3 aromatic rings. The lowest BCUT2D eigenvalue weighted by Crippen LogP contribution is -2.03. The molecule has 0 aliphatic rings. The molecular weight excluding hydrogens is 306 g/mol. The van der Waals surface area contributed by atoms with Gasteiger partial charge in [0, 0.05) is 22.7 Å². The number of benzene rings is 2. The number of unbranched alkanes of at least 4 members (excludes halogenated alkanes) is 2. The van der Waals surface area contributed by atoms with E-state index in [2.05, 4.69) is 29.4 Å². The summed E-state index contributed by atoms with van der Waals surface area (Å²) in [4.78, 5) is 0. The van der Waals surface area contributed by atoms with Crippen LogP contribution in [0.3, 0.4) is 0 Å². The van der Waals surface area contributed by atoms with Crippen LogP contribution in [0.1, 0.15) is 26.2 Å². The summed E-state index contributed by atoms with van der Waals surface area (Å²) in [6.45, 7) is 3.09. The first-order valence-electron chi connectivity index (χ1n) is 8.04. The number of aromatic nitrogens is 3. The summed E-state index contributed by atoms with van der Waals surface area (Å²) in [5, 5.41) is 9.57. The molecule has 0 saturated carbocycles. The maximum Gasteiger partial charge on any atom is 0.121 e. The van der Waals surface area contributed by atoms with Crippen LogP contribution in [0.5, 0.6) is 0 Å². The van der Waals surface area contributed by atoms with Crippen molar-refractivity contribution in [3.8, 4) is 22.5 Å². The van der Waals surface area contributed by atoms with Gasteiger partial charge in [0.1, 0.15) is 5.69 Å². The molecule has 0 spiro atoms. The summed E-state index contributed by atoms with van der Waals surface area (Å²) >= 11 is 6.00. The van der Waals surface area contributed by atoms with Gasteiger partial charge in [-0.05, 0) is 18.6 Å². The molecule has 118 valence electrons. The lowest BCUT2D eigenvalue weighted by Gasteiger charge is -2.08. The molecule has 3 nitrogen and oxygen atoms in total. The van der Waals surface area contributed by atoms with Crippen LogP contribution in [0.15, 0.2) is 54.6 Å². The van der Waals surface area contributed by atoms with Crippen LogP contribution in [0, 0.1) is 0 Å². The van der Waals surface area contributed by atoms with Crippen molar-refractivity contribution < 1.29 is 0 Å². The highest BCUT2D eigenvalue weighted by molar-refractivity contribution is 6.30. The zero-order chi connectivity index (χ0) is 16.1. The van der Waals surface area contributed by atoms with Gasteiger partial charge in [-0.2, -0.15) is 0 Å². The average molecular weight is 326 g/mol. The second-order valence-corrected chi connectivity index (χ2v) is 6.03. The minimum absolute atomic E-state index is 0.727. The Hall–Kier alpha value is -2.13. The topological polar surface area (TPSA) is 30.7 Å². The van der Waals surface area contributed by atoms with Crippen LogP contribution in [0.25, 0.3) is 22.5 Å². The molecule has 1 aromatic heterocycles. The third-order valence-electron chi connectivity index (χ3n) is 3.87. The van der Waals surface area contributed by atoms with Gasteiger partial charge in [-0.15, -0.1) is 5.10 Å². The Balaban J connectivity index is 2.04. The van der Waals surface area contributed by atoms with Crippen LogP contribution >= 0.6 is 11.6 Å². The van der Waals surface area contributed by atoms with Gasteiger partial charge in [0.05, 0.1) is 5.69 Å². The minimum Gasteiger partial charge on any atom is -0.244 e. The van der Waals surface area contributed by atoms with E-state index in [9.17, 15) is 0 Å². The summed E-state index contributed by atoms with van der Waals surface area (Å²) in [6, 6.07) is 18.1. The fourth-order valence-corrected chi connectivity index (χ4v) is 2.79. The molecule has 0 N–H and O–H groups in total. The Morgan fingerprint density at radius 2 is 1.65 bits per heavy atom. The smallest absolute Gasteiger partial charge is 0.121 e. The molecular formula is C19H20ClN3. The molecule has 0 amide bonds. The van der Waals surface area contributed by atoms with Gasteiger partial charge in [-0.25, -0.2) is 4.68 Å². The number of nitrogens with zero attached hydrogens (tertiary/aromatic N) is 3. The Kier molecular flexibility index (Phi) is 5.09. The van der Waals surface area contributed by atoms with Gasteiger partial charge in [0.25, 0.3) is 0 Å². The predicted octanol–water partition coefficient (Wildman–Crippen LogP) is 5.46. The standard InChI is InChI=1S/C19H20ClN3/c1-2-3-7-14-23-19(16-8-5-4-6-9-16)18(21-22-23)15-10-12-17(20)13-11-15/h4-6,8-13H,2-3,7,14H2,1H3. The number of halogens is 1. The fourth-order valence-electron chi connectivity index (χ4n) is 2.67. The largest absolute Gasteiger partial charge is 0.244 e. The van der Waals surface area contributed by atoms with Crippen molar-refractivity contribution in [2.75, 3.05) is 0 Å². The Morgan fingerprint density at radius 1 is 0.913 bits per heavy atom. The second kappa shape index (κ2) is 7.42. The number of rotatable bonds is 6. The van der Waals surface area contributed by atoms with Crippen molar-refractivity contribution in [3.05, 3.63) is 59.6 Å². The number of aryl methyl sites for hydroxylation is 1. The van der Waals surface area contributed by atoms with Gasteiger partial charge in [0.2, 0.25) is 0 Å². The van der Waals surface area contributed by atoms with E-state index >= 15 is 0 Å². The second-order valence-electron chi connectivity index (χ2n) is 5.59. The van der Waals surface area contributed by atoms with Gasteiger partial charge in [0.15, 0.2) is 0 Å².